The summed E-state index contributed by atoms with van der Waals surface area (Å²) in [5, 5.41) is 4.07. The largest absolute Gasteiger partial charge is 0.491 e. The van der Waals surface area contributed by atoms with Gasteiger partial charge in [-0.3, -0.25) is 4.98 Å². The topological polar surface area (TPSA) is 115 Å². The van der Waals surface area contributed by atoms with E-state index in [1.54, 1.807) is 30.6 Å². The Kier molecular flexibility index (Phi) is 6.13. The van der Waals surface area contributed by atoms with Crippen LogP contribution >= 0.6 is 0 Å². The molecule has 31 heavy (non-hydrogen) atoms. The van der Waals surface area contributed by atoms with Crippen LogP contribution in [0, 0.1) is 0 Å². The zero-order valence-electron chi connectivity index (χ0n) is 17.2. The molecule has 4 rings (SSSR count). The molecule has 9 heteroatoms. The van der Waals surface area contributed by atoms with Crippen molar-refractivity contribution in [3.05, 3.63) is 64.8 Å². The fourth-order valence-electron chi connectivity index (χ4n) is 4.06. The van der Waals surface area contributed by atoms with Crippen molar-refractivity contribution < 1.29 is 17.9 Å². The molecule has 2 aliphatic rings. The fraction of sp³-hybridized carbons (Fsp3) is 0.364. The summed E-state index contributed by atoms with van der Waals surface area (Å²) in [7, 11) is -3.35. The van der Waals surface area contributed by atoms with Crippen molar-refractivity contribution in [3.63, 3.8) is 0 Å². The molecule has 1 fully saturated rings. The molecule has 3 heterocycles. The minimum atomic E-state index is -3.35. The third kappa shape index (κ3) is 4.99. The number of aromatic nitrogens is 1. The molecule has 1 saturated heterocycles. The van der Waals surface area contributed by atoms with Crippen LogP contribution in [0.5, 0.6) is 5.75 Å². The van der Waals surface area contributed by atoms with E-state index in [1.165, 1.54) is 0 Å². The summed E-state index contributed by atoms with van der Waals surface area (Å²) in [6.45, 7) is 1.43. The van der Waals surface area contributed by atoms with Crippen LogP contribution in [0.3, 0.4) is 0 Å². The van der Waals surface area contributed by atoms with Crippen molar-refractivity contribution in [2.45, 2.75) is 37.6 Å². The predicted molar refractivity (Wildman–Crippen MR) is 118 cm³/mol. The van der Waals surface area contributed by atoms with Gasteiger partial charge in [0.05, 0.1) is 22.9 Å². The van der Waals surface area contributed by atoms with E-state index in [-0.39, 0.29) is 23.5 Å². The number of carbonyl (C=O) groups is 1. The quantitative estimate of drug-likeness (QED) is 0.735. The van der Waals surface area contributed by atoms with E-state index in [4.69, 9.17) is 10.5 Å². The number of hydrogen-bond acceptors (Lipinski definition) is 6. The van der Waals surface area contributed by atoms with Crippen molar-refractivity contribution >= 4 is 21.6 Å². The summed E-state index contributed by atoms with van der Waals surface area (Å²) in [4.78, 5) is 18.6. The molecule has 2 aromatic rings. The second kappa shape index (κ2) is 8.97. The number of nitrogens with one attached hydrogen (secondary N) is 1. The number of amides is 2. The molecule has 0 saturated carbocycles. The first-order chi connectivity index (χ1) is 14.9. The molecule has 8 nitrogen and oxygen atoms in total. The molecule has 0 bridgehead atoms. The van der Waals surface area contributed by atoms with E-state index in [9.17, 15) is 13.2 Å². The van der Waals surface area contributed by atoms with Gasteiger partial charge in [0.1, 0.15) is 12.4 Å². The van der Waals surface area contributed by atoms with E-state index in [1.807, 2.05) is 17.0 Å². The Balaban J connectivity index is 1.43. The zero-order chi connectivity index (χ0) is 21.8. The number of pyridine rings is 1. The van der Waals surface area contributed by atoms with Crippen LogP contribution in [0.2, 0.25) is 0 Å². The molecule has 3 N–H and O–H groups in total. The Morgan fingerprint density at radius 2 is 2.03 bits per heavy atom. The van der Waals surface area contributed by atoms with Gasteiger partial charge in [-0.05, 0) is 48.6 Å². The molecule has 164 valence electrons. The number of nitrogens with two attached hydrogens (primary N) is 1. The maximum Gasteiger partial charge on any atom is 0.318 e. The second-order valence-electron chi connectivity index (χ2n) is 7.84. The van der Waals surface area contributed by atoms with Crippen LogP contribution in [0.4, 0.5) is 4.79 Å². The molecule has 1 atom stereocenters. The Morgan fingerprint density at radius 3 is 2.84 bits per heavy atom. The van der Waals surface area contributed by atoms with Crippen LogP contribution < -0.4 is 15.8 Å². The van der Waals surface area contributed by atoms with Gasteiger partial charge in [0.2, 0.25) is 0 Å². The van der Waals surface area contributed by atoms with Crippen molar-refractivity contribution in [1.82, 2.24) is 15.2 Å². The van der Waals surface area contributed by atoms with Crippen LogP contribution in [-0.2, 0) is 22.1 Å². The molecule has 0 aliphatic carbocycles. The zero-order valence-corrected chi connectivity index (χ0v) is 18.0. The molecule has 1 aromatic carbocycles. The highest BCUT2D eigenvalue weighted by Crippen LogP contribution is 2.33. The van der Waals surface area contributed by atoms with E-state index < -0.39 is 9.84 Å². The first kappa shape index (κ1) is 21.2. The molecule has 0 spiro atoms. The van der Waals surface area contributed by atoms with Crippen LogP contribution in [-0.4, -0.2) is 43.5 Å². The van der Waals surface area contributed by atoms with Gasteiger partial charge in [-0.2, -0.15) is 0 Å². The standard InChI is InChI=1S/C22H26N4O4S/c23-19-15-31(28,29)14-17-4-3-6-20(21(17)19)30-13-18-5-1-2-11-26(18)22(27)25-12-16-7-9-24-10-8-16/h3-4,6-10,15,18H,1-2,5,11-14,23H2,(H,25,27)/t18-/m1/s1. The second-order valence-corrected chi connectivity index (χ2v) is 9.69. The fourth-order valence-corrected chi connectivity index (χ4v) is 5.32. The molecular formula is C22H26N4O4S. The minimum absolute atomic E-state index is 0.0698. The van der Waals surface area contributed by atoms with Gasteiger partial charge in [-0.25, -0.2) is 13.2 Å². The molecule has 0 radical (unpaired) electrons. The Morgan fingerprint density at radius 1 is 1.23 bits per heavy atom. The van der Waals surface area contributed by atoms with Gasteiger partial charge < -0.3 is 20.7 Å². The number of nitrogens with zero attached hydrogens (tertiary/aromatic N) is 2. The Labute approximate surface area is 182 Å². The molecule has 2 aliphatic heterocycles. The van der Waals surface area contributed by atoms with Gasteiger partial charge in [-0.15, -0.1) is 0 Å². The van der Waals surface area contributed by atoms with Gasteiger partial charge in [0.25, 0.3) is 0 Å². The normalized spacial score (nSPS) is 19.8. The van der Waals surface area contributed by atoms with Gasteiger partial charge in [0.15, 0.2) is 9.84 Å². The number of fused-ring (bicyclic) bond motifs is 1. The number of carbonyl (C=O) groups excluding carboxylic acids is 1. The maximum atomic E-state index is 12.8. The SMILES string of the molecule is NC1=CS(=O)(=O)Cc2cccc(OC[C@H]3CCCCN3C(=O)NCc3ccncc3)c21. The van der Waals surface area contributed by atoms with Crippen molar-refractivity contribution in [2.24, 2.45) is 5.73 Å². The minimum Gasteiger partial charge on any atom is -0.491 e. The third-order valence-corrected chi connectivity index (χ3v) is 6.90. The van der Waals surface area contributed by atoms with Crippen LogP contribution in [0.15, 0.2) is 48.1 Å². The average Bonchev–Trinajstić information content (AvgIpc) is 2.76. The van der Waals surface area contributed by atoms with Gasteiger partial charge in [-0.1, -0.05) is 12.1 Å². The van der Waals surface area contributed by atoms with Crippen molar-refractivity contribution in [2.75, 3.05) is 13.2 Å². The van der Waals surface area contributed by atoms with Crippen molar-refractivity contribution in [3.8, 4) is 5.75 Å². The number of ether oxygens (including phenoxy) is 1. The number of rotatable bonds is 5. The summed E-state index contributed by atoms with van der Waals surface area (Å²) in [6.07, 6.45) is 6.22. The summed E-state index contributed by atoms with van der Waals surface area (Å²) in [5.41, 5.74) is 8.46. The monoisotopic (exact) mass is 442 g/mol. The number of likely N-dealkylation sites (tertiary alicyclic amines) is 1. The Bertz CT molecular complexity index is 1090. The number of sulfone groups is 1. The van der Waals surface area contributed by atoms with E-state index >= 15 is 0 Å². The van der Waals surface area contributed by atoms with Crippen molar-refractivity contribution in [1.29, 1.82) is 0 Å². The highest BCUT2D eigenvalue weighted by Gasteiger charge is 2.28. The van der Waals surface area contributed by atoms with Crippen LogP contribution in [0.25, 0.3) is 5.70 Å². The summed E-state index contributed by atoms with van der Waals surface area (Å²) in [6, 6.07) is 8.85. The smallest absolute Gasteiger partial charge is 0.318 e. The average molecular weight is 443 g/mol. The molecular weight excluding hydrogens is 416 g/mol. The molecule has 1 aromatic heterocycles. The highest BCUT2D eigenvalue weighted by atomic mass is 32.2. The van der Waals surface area contributed by atoms with E-state index in [0.717, 1.165) is 30.2 Å². The number of urea groups is 1. The third-order valence-electron chi connectivity index (χ3n) is 5.58. The number of hydrogen-bond donors (Lipinski definition) is 2. The lowest BCUT2D eigenvalue weighted by Gasteiger charge is -2.35. The summed E-state index contributed by atoms with van der Waals surface area (Å²) < 4.78 is 30.0. The first-order valence-corrected chi connectivity index (χ1v) is 12.0. The lowest BCUT2D eigenvalue weighted by molar-refractivity contribution is 0.116. The van der Waals surface area contributed by atoms with E-state index in [2.05, 4.69) is 10.3 Å². The maximum absolute atomic E-state index is 12.8. The van der Waals surface area contributed by atoms with E-state index in [0.29, 0.717) is 36.6 Å². The highest BCUT2D eigenvalue weighted by molar-refractivity contribution is 7.93. The predicted octanol–water partition coefficient (Wildman–Crippen LogP) is 2.41. The van der Waals surface area contributed by atoms with Crippen LogP contribution in [0.1, 0.15) is 36.0 Å². The van der Waals surface area contributed by atoms with Gasteiger partial charge in [0, 0.05) is 31.0 Å². The first-order valence-electron chi connectivity index (χ1n) is 10.3. The number of benzene rings is 1. The van der Waals surface area contributed by atoms with Gasteiger partial charge >= 0.3 is 6.03 Å². The molecule has 0 unspecified atom stereocenters. The molecule has 2 amide bonds. The lowest BCUT2D eigenvalue weighted by atomic mass is 10.0. The summed E-state index contributed by atoms with van der Waals surface area (Å²) in [5.74, 6) is 0.455. The number of piperidine rings is 1. The Hall–Kier alpha value is -3.07. The summed E-state index contributed by atoms with van der Waals surface area (Å²) >= 11 is 0. The lowest BCUT2D eigenvalue weighted by Crippen LogP contribution is -2.50.